The molecule has 1 unspecified atom stereocenters. The summed E-state index contributed by atoms with van der Waals surface area (Å²) in [5, 5.41) is 9.69. The Bertz CT molecular complexity index is 325. The predicted molar refractivity (Wildman–Crippen MR) is 59.9 cm³/mol. The summed E-state index contributed by atoms with van der Waals surface area (Å²) in [4.78, 5) is 0. The lowest BCUT2D eigenvalue weighted by Crippen LogP contribution is -1.98. The first kappa shape index (κ1) is 10.2. The van der Waals surface area contributed by atoms with Crippen LogP contribution in [0.3, 0.4) is 0 Å². The molecule has 1 N–H and O–H groups in total. The summed E-state index contributed by atoms with van der Waals surface area (Å²) >= 11 is 0. The molecule has 0 heterocycles. The molecule has 0 amide bonds. The molecule has 0 bridgehead atoms. The fraction of sp³-hybridized carbons (Fsp3) is 0.385. The number of hydrogen-bond donors (Lipinski definition) is 1. The van der Waals surface area contributed by atoms with Gasteiger partial charge < -0.3 is 9.84 Å². The van der Waals surface area contributed by atoms with Crippen molar-refractivity contribution in [3.8, 4) is 5.75 Å². The first-order valence-electron chi connectivity index (χ1n) is 5.35. The van der Waals surface area contributed by atoms with Crippen molar-refractivity contribution in [2.24, 2.45) is 0 Å². The quantitative estimate of drug-likeness (QED) is 0.747. The Labute approximate surface area is 90.2 Å². The largest absolute Gasteiger partial charge is 0.490 e. The third-order valence-corrected chi connectivity index (χ3v) is 2.48. The highest BCUT2D eigenvalue weighted by atomic mass is 16.5. The average molecular weight is 204 g/mol. The zero-order chi connectivity index (χ0) is 10.7. The van der Waals surface area contributed by atoms with Gasteiger partial charge in [-0.3, -0.25) is 0 Å². The van der Waals surface area contributed by atoms with Crippen LogP contribution in [-0.2, 0) is 0 Å². The van der Waals surface area contributed by atoms with Crippen molar-refractivity contribution in [2.45, 2.75) is 31.5 Å². The van der Waals surface area contributed by atoms with Crippen LogP contribution in [0.5, 0.6) is 5.75 Å². The molecular weight excluding hydrogens is 188 g/mol. The molecule has 0 spiro atoms. The van der Waals surface area contributed by atoms with Crippen molar-refractivity contribution in [3.05, 3.63) is 42.5 Å². The average Bonchev–Trinajstić information content (AvgIpc) is 3.03. The van der Waals surface area contributed by atoms with Crippen molar-refractivity contribution < 1.29 is 9.84 Å². The molecule has 80 valence electrons. The molecule has 1 saturated carbocycles. The molecule has 2 nitrogen and oxygen atoms in total. The molecule has 0 aliphatic heterocycles. The first-order valence-corrected chi connectivity index (χ1v) is 5.35. The van der Waals surface area contributed by atoms with Gasteiger partial charge in [0.2, 0.25) is 0 Å². The molecular formula is C13H16O2. The molecule has 0 aromatic heterocycles. The lowest BCUT2D eigenvalue weighted by molar-refractivity contribution is 0.181. The second-order valence-electron chi connectivity index (χ2n) is 3.93. The van der Waals surface area contributed by atoms with Gasteiger partial charge in [-0.1, -0.05) is 18.2 Å². The standard InChI is InChI=1S/C13H16O2/c1-2-3-13(14)10-4-6-11(7-5-10)15-12-8-9-12/h2,4-7,12-14H,1,3,8-9H2. The van der Waals surface area contributed by atoms with Crippen LogP contribution in [0.15, 0.2) is 36.9 Å². The fourth-order valence-electron chi connectivity index (χ4n) is 1.44. The van der Waals surface area contributed by atoms with Crippen molar-refractivity contribution in [1.82, 2.24) is 0 Å². The summed E-state index contributed by atoms with van der Waals surface area (Å²) in [6, 6.07) is 7.65. The van der Waals surface area contributed by atoms with Gasteiger partial charge in [-0.25, -0.2) is 0 Å². The van der Waals surface area contributed by atoms with Crippen molar-refractivity contribution in [1.29, 1.82) is 0 Å². The smallest absolute Gasteiger partial charge is 0.119 e. The summed E-state index contributed by atoms with van der Waals surface area (Å²) in [6.07, 6.45) is 4.62. The molecule has 15 heavy (non-hydrogen) atoms. The minimum Gasteiger partial charge on any atom is -0.490 e. The minimum atomic E-state index is -0.447. The molecule has 1 aliphatic rings. The van der Waals surface area contributed by atoms with E-state index >= 15 is 0 Å². The van der Waals surface area contributed by atoms with E-state index in [0.29, 0.717) is 12.5 Å². The Morgan fingerprint density at radius 2 is 2.07 bits per heavy atom. The summed E-state index contributed by atoms with van der Waals surface area (Å²) in [5.41, 5.74) is 0.915. The predicted octanol–water partition coefficient (Wildman–Crippen LogP) is 2.84. The van der Waals surface area contributed by atoms with Gasteiger partial charge in [0.25, 0.3) is 0 Å². The van der Waals surface area contributed by atoms with E-state index in [-0.39, 0.29) is 0 Å². The Morgan fingerprint density at radius 3 is 2.60 bits per heavy atom. The highest BCUT2D eigenvalue weighted by molar-refractivity contribution is 5.29. The van der Waals surface area contributed by atoms with E-state index in [0.717, 1.165) is 11.3 Å². The van der Waals surface area contributed by atoms with Crippen LogP contribution in [0.25, 0.3) is 0 Å². The SMILES string of the molecule is C=CCC(O)c1ccc(OC2CC2)cc1. The van der Waals surface area contributed by atoms with Gasteiger partial charge >= 0.3 is 0 Å². The highest BCUT2D eigenvalue weighted by Gasteiger charge is 2.23. The maximum absolute atomic E-state index is 9.69. The van der Waals surface area contributed by atoms with Crippen LogP contribution in [-0.4, -0.2) is 11.2 Å². The van der Waals surface area contributed by atoms with Gasteiger partial charge in [0.05, 0.1) is 12.2 Å². The monoisotopic (exact) mass is 204 g/mol. The van der Waals surface area contributed by atoms with E-state index in [1.54, 1.807) is 6.08 Å². The molecule has 0 radical (unpaired) electrons. The van der Waals surface area contributed by atoms with Crippen LogP contribution in [0, 0.1) is 0 Å². The maximum atomic E-state index is 9.69. The lowest BCUT2D eigenvalue weighted by Gasteiger charge is -2.09. The van der Waals surface area contributed by atoms with Gasteiger partial charge in [0.1, 0.15) is 5.75 Å². The van der Waals surface area contributed by atoms with Gasteiger partial charge in [-0.2, -0.15) is 0 Å². The van der Waals surface area contributed by atoms with E-state index in [1.807, 2.05) is 24.3 Å². The van der Waals surface area contributed by atoms with E-state index in [2.05, 4.69) is 6.58 Å². The van der Waals surface area contributed by atoms with Gasteiger partial charge in [-0.05, 0) is 37.0 Å². The molecule has 1 aliphatic carbocycles. The number of aliphatic hydroxyl groups excluding tert-OH is 1. The highest BCUT2D eigenvalue weighted by Crippen LogP contribution is 2.27. The fourth-order valence-corrected chi connectivity index (χ4v) is 1.44. The normalized spacial score (nSPS) is 17.1. The Morgan fingerprint density at radius 1 is 1.40 bits per heavy atom. The van der Waals surface area contributed by atoms with Gasteiger partial charge in [0.15, 0.2) is 0 Å². The third kappa shape index (κ3) is 2.83. The Balaban J connectivity index is 1.98. The number of benzene rings is 1. The van der Waals surface area contributed by atoms with E-state index < -0.39 is 6.10 Å². The molecule has 1 fully saturated rings. The summed E-state index contributed by atoms with van der Waals surface area (Å²) in [5.74, 6) is 0.895. The maximum Gasteiger partial charge on any atom is 0.119 e. The summed E-state index contributed by atoms with van der Waals surface area (Å²) < 4.78 is 5.62. The van der Waals surface area contributed by atoms with Crippen molar-refractivity contribution >= 4 is 0 Å². The third-order valence-electron chi connectivity index (χ3n) is 2.48. The number of rotatable bonds is 5. The number of ether oxygens (including phenoxy) is 1. The Hall–Kier alpha value is -1.28. The van der Waals surface area contributed by atoms with E-state index in [9.17, 15) is 5.11 Å². The van der Waals surface area contributed by atoms with Crippen LogP contribution in [0.1, 0.15) is 30.9 Å². The molecule has 1 atom stereocenters. The first-order chi connectivity index (χ1) is 7.29. The second-order valence-corrected chi connectivity index (χ2v) is 3.93. The molecule has 2 rings (SSSR count). The Kier molecular flexibility index (Phi) is 3.07. The van der Waals surface area contributed by atoms with Crippen LogP contribution >= 0.6 is 0 Å². The molecule has 1 aromatic rings. The van der Waals surface area contributed by atoms with Gasteiger partial charge in [0, 0.05) is 0 Å². The molecule has 1 aromatic carbocycles. The van der Waals surface area contributed by atoms with Crippen LogP contribution < -0.4 is 4.74 Å². The number of hydrogen-bond acceptors (Lipinski definition) is 2. The van der Waals surface area contributed by atoms with Crippen molar-refractivity contribution in [2.75, 3.05) is 0 Å². The zero-order valence-electron chi connectivity index (χ0n) is 8.73. The summed E-state index contributed by atoms with van der Waals surface area (Å²) in [7, 11) is 0. The van der Waals surface area contributed by atoms with E-state index in [4.69, 9.17) is 4.74 Å². The summed E-state index contributed by atoms with van der Waals surface area (Å²) in [6.45, 7) is 3.61. The minimum absolute atomic E-state index is 0.425. The van der Waals surface area contributed by atoms with Gasteiger partial charge in [-0.15, -0.1) is 6.58 Å². The zero-order valence-corrected chi connectivity index (χ0v) is 8.73. The van der Waals surface area contributed by atoms with Crippen molar-refractivity contribution in [3.63, 3.8) is 0 Å². The topological polar surface area (TPSA) is 29.5 Å². The molecule has 0 saturated heterocycles. The van der Waals surface area contributed by atoms with Crippen LogP contribution in [0.4, 0.5) is 0 Å². The number of aliphatic hydroxyl groups is 1. The lowest BCUT2D eigenvalue weighted by atomic mass is 10.1. The van der Waals surface area contributed by atoms with Crippen LogP contribution in [0.2, 0.25) is 0 Å². The second kappa shape index (κ2) is 4.49. The molecule has 2 heteroatoms. The van der Waals surface area contributed by atoms with E-state index in [1.165, 1.54) is 12.8 Å².